The minimum absolute atomic E-state index is 0.0345. The van der Waals surface area contributed by atoms with Gasteiger partial charge in [0.05, 0.1) is 16.8 Å². The lowest BCUT2D eigenvalue weighted by Gasteiger charge is -2.07. The Kier molecular flexibility index (Phi) is 3.94. The number of para-hydroxylation sites is 1. The zero-order valence-corrected chi connectivity index (χ0v) is 12.1. The molecule has 2 N–H and O–H groups in total. The van der Waals surface area contributed by atoms with E-state index in [0.717, 1.165) is 21.3 Å². The minimum Gasteiger partial charge on any atom is -0.392 e. The summed E-state index contributed by atoms with van der Waals surface area (Å²) in [4.78, 5) is 16.5. The first-order chi connectivity index (χ1) is 10.3. The van der Waals surface area contributed by atoms with Gasteiger partial charge in [0.1, 0.15) is 0 Å². The van der Waals surface area contributed by atoms with Gasteiger partial charge in [0.25, 0.3) is 5.91 Å². The van der Waals surface area contributed by atoms with Crippen LogP contribution in [0, 0.1) is 0 Å². The number of hydrogen-bond acceptors (Lipinski definition) is 4. The Morgan fingerprint density at radius 3 is 2.57 bits per heavy atom. The molecule has 2 aromatic carbocycles. The van der Waals surface area contributed by atoms with Crippen LogP contribution in [-0.2, 0) is 13.2 Å². The normalized spacial score (nSPS) is 10.7. The number of hydrogen-bond donors (Lipinski definition) is 2. The zero-order chi connectivity index (χ0) is 14.7. The largest absolute Gasteiger partial charge is 0.392 e. The van der Waals surface area contributed by atoms with Crippen LogP contribution in [0.15, 0.2) is 48.5 Å². The highest BCUT2D eigenvalue weighted by atomic mass is 32.1. The molecule has 0 saturated carbocycles. The van der Waals surface area contributed by atoms with E-state index in [1.807, 2.05) is 48.5 Å². The van der Waals surface area contributed by atoms with E-state index in [1.165, 1.54) is 11.3 Å². The van der Waals surface area contributed by atoms with Crippen molar-refractivity contribution in [3.8, 4) is 0 Å². The molecule has 0 radical (unpaired) electrons. The average Bonchev–Trinajstić information content (AvgIpc) is 2.97. The third-order valence-corrected chi connectivity index (χ3v) is 4.25. The molecule has 3 rings (SSSR count). The van der Waals surface area contributed by atoms with Crippen molar-refractivity contribution >= 4 is 27.5 Å². The number of carbonyl (C=O) groups is 1. The van der Waals surface area contributed by atoms with E-state index in [0.29, 0.717) is 11.6 Å². The van der Waals surface area contributed by atoms with Crippen LogP contribution in [-0.4, -0.2) is 16.0 Å². The number of benzene rings is 2. The molecule has 106 valence electrons. The molecular weight excluding hydrogens is 284 g/mol. The fourth-order valence-electron chi connectivity index (χ4n) is 2.10. The van der Waals surface area contributed by atoms with Gasteiger partial charge in [-0.25, -0.2) is 4.98 Å². The van der Waals surface area contributed by atoms with Gasteiger partial charge in [-0.15, -0.1) is 11.3 Å². The number of carbonyl (C=O) groups excluding carboxylic acids is 1. The summed E-state index contributed by atoms with van der Waals surface area (Å²) in [7, 11) is 0. The van der Waals surface area contributed by atoms with Crippen molar-refractivity contribution < 1.29 is 9.90 Å². The van der Waals surface area contributed by atoms with E-state index in [9.17, 15) is 9.90 Å². The molecule has 0 aliphatic carbocycles. The summed E-state index contributed by atoms with van der Waals surface area (Å²) >= 11 is 1.38. The van der Waals surface area contributed by atoms with Crippen LogP contribution in [0.2, 0.25) is 0 Å². The lowest BCUT2D eigenvalue weighted by atomic mass is 10.1. The van der Waals surface area contributed by atoms with Crippen LogP contribution >= 0.6 is 11.3 Å². The zero-order valence-electron chi connectivity index (χ0n) is 11.2. The van der Waals surface area contributed by atoms with Crippen molar-refractivity contribution in [1.82, 2.24) is 10.3 Å². The van der Waals surface area contributed by atoms with Crippen LogP contribution in [0.25, 0.3) is 10.2 Å². The molecule has 1 aromatic heterocycles. The van der Waals surface area contributed by atoms with E-state index in [1.54, 1.807) is 0 Å². The number of thiazole rings is 1. The van der Waals surface area contributed by atoms with Gasteiger partial charge in [0.15, 0.2) is 5.01 Å². The van der Waals surface area contributed by atoms with E-state index >= 15 is 0 Å². The molecule has 0 unspecified atom stereocenters. The maximum absolute atomic E-state index is 12.2. The Hall–Kier alpha value is -2.24. The van der Waals surface area contributed by atoms with Crippen LogP contribution in [0.1, 0.15) is 20.9 Å². The summed E-state index contributed by atoms with van der Waals surface area (Å²) in [5.41, 5.74) is 2.57. The van der Waals surface area contributed by atoms with Crippen LogP contribution < -0.4 is 5.32 Å². The average molecular weight is 298 g/mol. The summed E-state index contributed by atoms with van der Waals surface area (Å²) in [5.74, 6) is -0.191. The molecule has 0 spiro atoms. The van der Waals surface area contributed by atoms with E-state index < -0.39 is 0 Å². The van der Waals surface area contributed by atoms with Gasteiger partial charge in [-0.2, -0.15) is 0 Å². The second kappa shape index (κ2) is 6.03. The second-order valence-electron chi connectivity index (χ2n) is 4.60. The SMILES string of the molecule is O=C(NCc1ccccc1CO)c1nc2ccccc2s1. The second-order valence-corrected chi connectivity index (χ2v) is 5.63. The molecule has 21 heavy (non-hydrogen) atoms. The van der Waals surface area contributed by atoms with Crippen molar-refractivity contribution in [3.63, 3.8) is 0 Å². The number of aromatic nitrogens is 1. The van der Waals surface area contributed by atoms with Gasteiger partial charge in [-0.3, -0.25) is 4.79 Å². The molecule has 0 saturated heterocycles. The van der Waals surface area contributed by atoms with E-state index in [4.69, 9.17) is 0 Å². The van der Waals surface area contributed by atoms with Crippen LogP contribution in [0.4, 0.5) is 0 Å². The summed E-state index contributed by atoms with van der Waals surface area (Å²) in [6, 6.07) is 15.2. The predicted molar refractivity (Wildman–Crippen MR) is 83.2 cm³/mol. The molecule has 4 nitrogen and oxygen atoms in total. The Balaban J connectivity index is 1.74. The molecule has 0 fully saturated rings. The van der Waals surface area contributed by atoms with Crippen molar-refractivity contribution in [2.24, 2.45) is 0 Å². The summed E-state index contributed by atoms with van der Waals surface area (Å²) in [5, 5.41) is 12.6. The van der Waals surface area contributed by atoms with Gasteiger partial charge in [-0.05, 0) is 23.3 Å². The van der Waals surface area contributed by atoms with Gasteiger partial charge < -0.3 is 10.4 Å². The maximum atomic E-state index is 12.2. The highest BCUT2D eigenvalue weighted by Crippen LogP contribution is 2.21. The van der Waals surface area contributed by atoms with Gasteiger partial charge in [0, 0.05) is 6.54 Å². The first-order valence-corrected chi connectivity index (χ1v) is 7.41. The number of fused-ring (bicyclic) bond motifs is 1. The van der Waals surface area contributed by atoms with Crippen molar-refractivity contribution in [2.45, 2.75) is 13.2 Å². The molecule has 1 amide bonds. The number of amides is 1. The van der Waals surface area contributed by atoms with Crippen LogP contribution in [0.3, 0.4) is 0 Å². The lowest BCUT2D eigenvalue weighted by Crippen LogP contribution is -2.23. The van der Waals surface area contributed by atoms with E-state index in [2.05, 4.69) is 10.3 Å². The molecule has 0 bridgehead atoms. The summed E-state index contributed by atoms with van der Waals surface area (Å²) in [6.07, 6.45) is 0. The first-order valence-electron chi connectivity index (χ1n) is 6.59. The van der Waals surface area contributed by atoms with Crippen molar-refractivity contribution in [3.05, 3.63) is 64.7 Å². The Morgan fingerprint density at radius 2 is 1.81 bits per heavy atom. The fraction of sp³-hybridized carbons (Fsp3) is 0.125. The summed E-state index contributed by atoms with van der Waals surface area (Å²) < 4.78 is 0.999. The molecule has 1 heterocycles. The van der Waals surface area contributed by atoms with Gasteiger partial charge in [0.2, 0.25) is 0 Å². The molecule has 5 heteroatoms. The van der Waals surface area contributed by atoms with Crippen molar-refractivity contribution in [1.29, 1.82) is 0 Å². The lowest BCUT2D eigenvalue weighted by molar-refractivity contribution is 0.0950. The fourth-order valence-corrected chi connectivity index (χ4v) is 2.99. The maximum Gasteiger partial charge on any atom is 0.280 e. The Bertz CT molecular complexity index is 750. The monoisotopic (exact) mass is 298 g/mol. The van der Waals surface area contributed by atoms with Gasteiger partial charge >= 0.3 is 0 Å². The number of aliphatic hydroxyl groups is 1. The third kappa shape index (κ3) is 2.94. The quantitative estimate of drug-likeness (QED) is 0.778. The Morgan fingerprint density at radius 1 is 1.10 bits per heavy atom. The third-order valence-electron chi connectivity index (χ3n) is 3.22. The molecular formula is C16H14N2O2S. The van der Waals surface area contributed by atoms with Gasteiger partial charge in [-0.1, -0.05) is 36.4 Å². The molecule has 0 aliphatic rings. The first kappa shape index (κ1) is 13.7. The summed E-state index contributed by atoms with van der Waals surface area (Å²) in [6.45, 7) is 0.346. The highest BCUT2D eigenvalue weighted by molar-refractivity contribution is 7.20. The number of aliphatic hydroxyl groups excluding tert-OH is 1. The highest BCUT2D eigenvalue weighted by Gasteiger charge is 2.12. The van der Waals surface area contributed by atoms with E-state index in [-0.39, 0.29) is 12.5 Å². The standard InChI is InChI=1S/C16H14N2O2S/c19-10-12-6-2-1-5-11(12)9-17-15(20)16-18-13-7-3-4-8-14(13)21-16/h1-8,19H,9-10H2,(H,17,20). The van der Waals surface area contributed by atoms with Crippen molar-refractivity contribution in [2.75, 3.05) is 0 Å². The Labute approximate surface area is 126 Å². The number of nitrogens with zero attached hydrogens (tertiary/aromatic N) is 1. The number of rotatable bonds is 4. The molecule has 0 aliphatic heterocycles. The number of nitrogens with one attached hydrogen (secondary N) is 1. The molecule has 0 atom stereocenters. The van der Waals surface area contributed by atoms with Crippen LogP contribution in [0.5, 0.6) is 0 Å². The predicted octanol–water partition coefficient (Wildman–Crippen LogP) is 2.72. The molecule has 3 aromatic rings. The topological polar surface area (TPSA) is 62.2 Å². The smallest absolute Gasteiger partial charge is 0.280 e. The minimum atomic E-state index is -0.191.